The second-order valence-electron chi connectivity index (χ2n) is 8.22. The normalized spacial score (nSPS) is 22.2. The molecule has 184 valence electrons. The maximum Gasteiger partial charge on any atom is 0.336 e. The van der Waals surface area contributed by atoms with Gasteiger partial charge in [-0.25, -0.2) is 4.79 Å². The number of phenolic OH excluding ortho intramolecular Hbond substituents is 1. The van der Waals surface area contributed by atoms with Crippen LogP contribution in [-0.4, -0.2) is 57.4 Å². The first-order valence-corrected chi connectivity index (χ1v) is 11.1. The summed E-state index contributed by atoms with van der Waals surface area (Å²) in [4.78, 5) is 39.3. The Morgan fingerprint density at radius 1 is 1.21 bits per heavy atom. The second kappa shape index (κ2) is 10.5. The van der Waals surface area contributed by atoms with Crippen LogP contribution in [-0.2, 0) is 28.6 Å². The number of halogens is 1. The van der Waals surface area contributed by atoms with Crippen molar-refractivity contribution in [2.45, 2.75) is 26.2 Å². The van der Waals surface area contributed by atoms with Crippen LogP contribution in [0.15, 0.2) is 34.7 Å². The van der Waals surface area contributed by atoms with Crippen LogP contribution in [0.25, 0.3) is 0 Å². The Morgan fingerprint density at radius 2 is 1.91 bits per heavy atom. The van der Waals surface area contributed by atoms with Gasteiger partial charge in [-0.15, -0.1) is 0 Å². The third-order valence-corrected chi connectivity index (χ3v) is 6.38. The van der Waals surface area contributed by atoms with Crippen molar-refractivity contribution in [1.82, 2.24) is 5.32 Å². The van der Waals surface area contributed by atoms with Gasteiger partial charge in [0.1, 0.15) is 12.5 Å². The topological polar surface area (TPSA) is 120 Å². The van der Waals surface area contributed by atoms with Crippen LogP contribution in [0.2, 0.25) is 5.02 Å². The fourth-order valence-corrected chi connectivity index (χ4v) is 4.72. The maximum absolute atomic E-state index is 13.7. The van der Waals surface area contributed by atoms with Crippen molar-refractivity contribution in [2.75, 3.05) is 34.5 Å². The number of hydrogen-bond acceptors (Lipinski definition) is 9. The zero-order valence-corrected chi connectivity index (χ0v) is 20.4. The van der Waals surface area contributed by atoms with E-state index in [0.717, 1.165) is 0 Å². The lowest BCUT2D eigenvalue weighted by Crippen LogP contribution is -2.43. The van der Waals surface area contributed by atoms with E-state index in [0.29, 0.717) is 23.4 Å². The number of Topliss-reactive ketones (excluding diaryl/α,β-unsaturated/α-hetero) is 1. The summed E-state index contributed by atoms with van der Waals surface area (Å²) in [7, 11) is 4.08. The lowest BCUT2D eigenvalue weighted by Gasteiger charge is -2.38. The summed E-state index contributed by atoms with van der Waals surface area (Å²) in [6, 6.07) is 2.98. The largest absolute Gasteiger partial charge is 0.503 e. The molecule has 2 N–H and O–H groups in total. The van der Waals surface area contributed by atoms with Crippen LogP contribution in [0.5, 0.6) is 11.5 Å². The predicted molar refractivity (Wildman–Crippen MR) is 122 cm³/mol. The fourth-order valence-electron chi connectivity index (χ4n) is 4.50. The number of ketones is 1. The van der Waals surface area contributed by atoms with E-state index >= 15 is 0 Å². The molecule has 10 heteroatoms. The average Bonchev–Trinajstić information content (AvgIpc) is 2.79. The molecule has 0 amide bonds. The third-order valence-electron chi connectivity index (χ3n) is 6.09. The van der Waals surface area contributed by atoms with Crippen molar-refractivity contribution in [2.24, 2.45) is 11.8 Å². The maximum atomic E-state index is 13.7. The molecule has 1 aliphatic heterocycles. The number of methoxy groups -OCH3 is 3. The van der Waals surface area contributed by atoms with Crippen molar-refractivity contribution in [1.29, 1.82) is 0 Å². The summed E-state index contributed by atoms with van der Waals surface area (Å²) in [5.74, 6) is -4.17. The molecule has 1 heterocycles. The molecule has 3 atom stereocenters. The average molecular weight is 494 g/mol. The zero-order valence-electron chi connectivity index (χ0n) is 19.7. The molecule has 0 radical (unpaired) electrons. The number of ether oxygens (including phenoxy) is 4. The number of rotatable bonds is 7. The van der Waals surface area contributed by atoms with Gasteiger partial charge in [0.25, 0.3) is 0 Å². The monoisotopic (exact) mass is 493 g/mol. The summed E-state index contributed by atoms with van der Waals surface area (Å²) >= 11 is 6.25. The Morgan fingerprint density at radius 3 is 2.53 bits per heavy atom. The van der Waals surface area contributed by atoms with E-state index < -0.39 is 29.6 Å². The van der Waals surface area contributed by atoms with Crippen LogP contribution in [0, 0.1) is 11.8 Å². The number of allylic oxidation sites excluding steroid dienone is 3. The first-order chi connectivity index (χ1) is 16.2. The predicted octanol–water partition coefficient (Wildman–Crippen LogP) is 2.86. The van der Waals surface area contributed by atoms with Crippen molar-refractivity contribution in [3.05, 3.63) is 45.3 Å². The number of aromatic hydroxyl groups is 1. The molecular weight excluding hydrogens is 466 g/mol. The van der Waals surface area contributed by atoms with Gasteiger partial charge in [-0.2, -0.15) is 0 Å². The number of carbonyl (C=O) groups is 3. The first kappa shape index (κ1) is 25.6. The molecule has 0 bridgehead atoms. The van der Waals surface area contributed by atoms with Gasteiger partial charge in [-0.1, -0.05) is 18.5 Å². The number of hydrogen-bond donors (Lipinski definition) is 2. The highest BCUT2D eigenvalue weighted by Gasteiger charge is 2.47. The number of benzene rings is 1. The lowest BCUT2D eigenvalue weighted by molar-refractivity contribution is -0.151. The minimum Gasteiger partial charge on any atom is -0.503 e. The van der Waals surface area contributed by atoms with E-state index in [4.69, 9.17) is 30.5 Å². The third kappa shape index (κ3) is 4.63. The highest BCUT2D eigenvalue weighted by molar-refractivity contribution is 6.32. The zero-order chi connectivity index (χ0) is 25.2. The summed E-state index contributed by atoms with van der Waals surface area (Å²) in [5.41, 5.74) is 1.98. The minimum atomic E-state index is -1.02. The fraction of sp³-hybridized carbons (Fsp3) is 0.458. The number of carbonyl (C=O) groups excluding carboxylic acids is 3. The van der Waals surface area contributed by atoms with E-state index in [1.54, 1.807) is 13.8 Å². The van der Waals surface area contributed by atoms with E-state index in [9.17, 15) is 19.5 Å². The Balaban J connectivity index is 2.21. The Kier molecular flexibility index (Phi) is 7.89. The van der Waals surface area contributed by atoms with Crippen LogP contribution >= 0.6 is 11.6 Å². The molecule has 9 nitrogen and oxygen atoms in total. The first-order valence-electron chi connectivity index (χ1n) is 10.7. The van der Waals surface area contributed by atoms with E-state index in [1.165, 1.54) is 33.5 Å². The van der Waals surface area contributed by atoms with Crippen molar-refractivity contribution in [3.8, 4) is 11.5 Å². The molecule has 0 fully saturated rings. The van der Waals surface area contributed by atoms with Crippen molar-refractivity contribution in [3.63, 3.8) is 0 Å². The molecule has 0 aromatic heterocycles. The van der Waals surface area contributed by atoms with Crippen molar-refractivity contribution >= 4 is 29.3 Å². The SMILES string of the molecule is COCCOC(=O)C1=C(C)NC2=C(C(=O)[C@@H](C(=O)OC)[C@H](C)C2)[C@@H]1c1cc(Cl)c(O)c(OC)c1. The summed E-state index contributed by atoms with van der Waals surface area (Å²) < 4.78 is 20.5. The Bertz CT molecular complexity index is 1080. The Labute approximate surface area is 202 Å². The summed E-state index contributed by atoms with van der Waals surface area (Å²) in [6.07, 6.45) is 0.392. The minimum absolute atomic E-state index is 0.0130. The van der Waals surface area contributed by atoms with Crippen LogP contribution in [0.3, 0.4) is 0 Å². The second-order valence-corrected chi connectivity index (χ2v) is 8.62. The van der Waals surface area contributed by atoms with E-state index in [2.05, 4.69) is 5.32 Å². The molecule has 1 aromatic carbocycles. The standard InChI is InChI=1S/C24H28ClNO8/c1-11-8-15-20(22(28)17(11)23(29)33-5)19(13-9-14(25)21(27)16(10-13)32-4)18(12(2)26-15)24(30)34-7-6-31-3/h9-11,17,19,26-27H,6-8H2,1-5H3/t11-,17+,19-/m1/s1. The van der Waals surface area contributed by atoms with Crippen LogP contribution < -0.4 is 10.1 Å². The molecule has 1 aliphatic carbocycles. The van der Waals surface area contributed by atoms with Gasteiger partial charge >= 0.3 is 11.9 Å². The number of dihydropyridines is 1. The molecule has 0 saturated carbocycles. The van der Waals surface area contributed by atoms with Crippen LogP contribution in [0.1, 0.15) is 31.7 Å². The van der Waals surface area contributed by atoms with Gasteiger partial charge in [0.2, 0.25) is 0 Å². The highest BCUT2D eigenvalue weighted by Crippen LogP contribution is 2.48. The molecule has 2 aliphatic rings. The lowest BCUT2D eigenvalue weighted by atomic mass is 9.69. The summed E-state index contributed by atoms with van der Waals surface area (Å²) in [5, 5.41) is 13.4. The van der Waals surface area contributed by atoms with Gasteiger partial charge in [-0.05, 0) is 37.0 Å². The quantitative estimate of drug-likeness (QED) is 0.335. The Hall–Kier alpha value is -3.04. The van der Waals surface area contributed by atoms with Crippen molar-refractivity contribution < 1.29 is 38.4 Å². The molecule has 34 heavy (non-hydrogen) atoms. The summed E-state index contributed by atoms with van der Waals surface area (Å²) in [6.45, 7) is 3.72. The number of phenols is 1. The van der Waals surface area contributed by atoms with Gasteiger partial charge in [0.15, 0.2) is 17.3 Å². The molecule has 3 rings (SSSR count). The highest BCUT2D eigenvalue weighted by atomic mass is 35.5. The van der Waals surface area contributed by atoms with E-state index in [1.807, 2.05) is 0 Å². The molecule has 0 saturated heterocycles. The number of nitrogens with one attached hydrogen (secondary N) is 1. The van der Waals surface area contributed by atoms with Gasteiger partial charge in [-0.3, -0.25) is 9.59 Å². The molecule has 1 aromatic rings. The van der Waals surface area contributed by atoms with E-state index in [-0.39, 0.29) is 46.8 Å². The van der Waals surface area contributed by atoms with Gasteiger partial charge < -0.3 is 29.4 Å². The van der Waals surface area contributed by atoms with Gasteiger partial charge in [0, 0.05) is 30.0 Å². The molecular formula is C24H28ClNO8. The molecule has 0 spiro atoms. The molecule has 0 unspecified atom stereocenters. The van der Waals surface area contributed by atoms with Gasteiger partial charge in [0.05, 0.1) is 31.4 Å². The smallest absolute Gasteiger partial charge is 0.336 e. The number of esters is 2. The van der Waals surface area contributed by atoms with Crippen LogP contribution in [0.4, 0.5) is 0 Å².